The monoisotopic (exact) mass is 265 g/mol. The SMILES string of the molecule is CCC(C(=O)NCCS(=O)(=O)CC)C(N)=NO. The number of rotatable bonds is 7. The first kappa shape index (κ1) is 15.7. The Morgan fingerprint density at radius 3 is 2.47 bits per heavy atom. The molecule has 0 aromatic heterocycles. The standard InChI is InChI=1S/C9H19N3O4S/c1-3-7(8(10)12-14)9(13)11-5-6-17(15,16)4-2/h7,14H,3-6H2,1-2H3,(H2,10,12)(H,11,13). The van der Waals surface area contributed by atoms with Crippen molar-refractivity contribution in [1.29, 1.82) is 0 Å². The average molecular weight is 265 g/mol. The summed E-state index contributed by atoms with van der Waals surface area (Å²) in [6, 6.07) is 0. The second-order valence-electron chi connectivity index (χ2n) is 3.51. The number of hydrogen-bond acceptors (Lipinski definition) is 5. The Balaban J connectivity index is 4.27. The number of sulfone groups is 1. The Hall–Kier alpha value is -1.31. The van der Waals surface area contributed by atoms with E-state index in [9.17, 15) is 13.2 Å². The van der Waals surface area contributed by atoms with Crippen LogP contribution in [0.3, 0.4) is 0 Å². The molecule has 0 fully saturated rings. The summed E-state index contributed by atoms with van der Waals surface area (Å²) in [5.74, 6) is -1.41. The van der Waals surface area contributed by atoms with Crippen molar-refractivity contribution in [2.24, 2.45) is 16.8 Å². The molecule has 1 unspecified atom stereocenters. The van der Waals surface area contributed by atoms with Crippen LogP contribution in [0.1, 0.15) is 20.3 Å². The first-order chi connectivity index (χ1) is 7.87. The molecule has 0 heterocycles. The Bertz CT molecular complexity index is 378. The number of carbonyl (C=O) groups excluding carboxylic acids is 1. The topological polar surface area (TPSA) is 122 Å². The van der Waals surface area contributed by atoms with Crippen molar-refractivity contribution in [3.05, 3.63) is 0 Å². The summed E-state index contributed by atoms with van der Waals surface area (Å²) >= 11 is 0. The average Bonchev–Trinajstić information content (AvgIpc) is 2.29. The first-order valence-corrected chi connectivity index (χ1v) is 7.15. The number of nitrogens with zero attached hydrogens (tertiary/aromatic N) is 1. The third-order valence-electron chi connectivity index (χ3n) is 2.35. The Kier molecular flexibility index (Phi) is 6.55. The van der Waals surface area contributed by atoms with Gasteiger partial charge in [-0.2, -0.15) is 0 Å². The first-order valence-electron chi connectivity index (χ1n) is 5.33. The minimum absolute atomic E-state index is 0.0320. The van der Waals surface area contributed by atoms with Gasteiger partial charge in [0, 0.05) is 12.3 Å². The van der Waals surface area contributed by atoms with Gasteiger partial charge in [0.25, 0.3) is 0 Å². The molecule has 0 spiro atoms. The predicted molar refractivity (Wildman–Crippen MR) is 64.5 cm³/mol. The van der Waals surface area contributed by atoms with Crippen LogP contribution in [-0.2, 0) is 14.6 Å². The molecule has 0 rings (SSSR count). The van der Waals surface area contributed by atoms with Gasteiger partial charge < -0.3 is 16.3 Å². The maximum absolute atomic E-state index is 11.6. The van der Waals surface area contributed by atoms with Gasteiger partial charge in [-0.05, 0) is 6.42 Å². The van der Waals surface area contributed by atoms with E-state index < -0.39 is 21.7 Å². The number of carbonyl (C=O) groups is 1. The van der Waals surface area contributed by atoms with Crippen LogP contribution in [0, 0.1) is 5.92 Å². The van der Waals surface area contributed by atoms with E-state index in [4.69, 9.17) is 10.9 Å². The van der Waals surface area contributed by atoms with E-state index in [1.54, 1.807) is 13.8 Å². The molecule has 1 atom stereocenters. The molecule has 17 heavy (non-hydrogen) atoms. The van der Waals surface area contributed by atoms with Crippen molar-refractivity contribution in [1.82, 2.24) is 5.32 Å². The Morgan fingerprint density at radius 2 is 2.06 bits per heavy atom. The minimum Gasteiger partial charge on any atom is -0.409 e. The quantitative estimate of drug-likeness (QED) is 0.243. The van der Waals surface area contributed by atoms with E-state index in [0.717, 1.165) is 0 Å². The van der Waals surface area contributed by atoms with Crippen LogP contribution in [0.2, 0.25) is 0 Å². The van der Waals surface area contributed by atoms with E-state index in [0.29, 0.717) is 6.42 Å². The molecule has 0 aliphatic rings. The second-order valence-corrected chi connectivity index (χ2v) is 5.99. The molecule has 4 N–H and O–H groups in total. The van der Waals surface area contributed by atoms with E-state index >= 15 is 0 Å². The fourth-order valence-electron chi connectivity index (χ4n) is 1.20. The van der Waals surface area contributed by atoms with Gasteiger partial charge in [0.2, 0.25) is 5.91 Å². The van der Waals surface area contributed by atoms with Crippen molar-refractivity contribution in [2.45, 2.75) is 20.3 Å². The maximum Gasteiger partial charge on any atom is 0.230 e. The largest absolute Gasteiger partial charge is 0.409 e. The zero-order valence-corrected chi connectivity index (χ0v) is 10.8. The van der Waals surface area contributed by atoms with E-state index in [2.05, 4.69) is 10.5 Å². The smallest absolute Gasteiger partial charge is 0.230 e. The predicted octanol–water partition coefficient (Wildman–Crippen LogP) is -0.690. The van der Waals surface area contributed by atoms with Gasteiger partial charge in [-0.25, -0.2) is 8.42 Å². The van der Waals surface area contributed by atoms with Crippen molar-refractivity contribution >= 4 is 21.6 Å². The highest BCUT2D eigenvalue weighted by Crippen LogP contribution is 2.02. The van der Waals surface area contributed by atoms with Gasteiger partial charge in [0.1, 0.15) is 0 Å². The summed E-state index contributed by atoms with van der Waals surface area (Å²) in [5.41, 5.74) is 5.33. The highest BCUT2D eigenvalue weighted by Gasteiger charge is 2.21. The molecule has 0 bridgehead atoms. The third kappa shape index (κ3) is 5.53. The van der Waals surface area contributed by atoms with Gasteiger partial charge in [0.15, 0.2) is 15.7 Å². The molecule has 0 saturated heterocycles. The van der Waals surface area contributed by atoms with Crippen molar-refractivity contribution < 1.29 is 18.4 Å². The lowest BCUT2D eigenvalue weighted by Crippen LogP contribution is -2.40. The summed E-state index contributed by atoms with van der Waals surface area (Å²) < 4.78 is 22.3. The fourth-order valence-corrected chi connectivity index (χ4v) is 1.90. The van der Waals surface area contributed by atoms with Gasteiger partial charge in [-0.15, -0.1) is 0 Å². The molecular formula is C9H19N3O4S. The Labute approximate surface area is 101 Å². The molecule has 0 aromatic carbocycles. The minimum atomic E-state index is -3.10. The van der Waals surface area contributed by atoms with Crippen LogP contribution in [-0.4, -0.2) is 43.4 Å². The lowest BCUT2D eigenvalue weighted by molar-refractivity contribution is -0.123. The zero-order valence-electron chi connectivity index (χ0n) is 10.0. The summed E-state index contributed by atoms with van der Waals surface area (Å²) in [4.78, 5) is 11.6. The van der Waals surface area contributed by atoms with Crippen LogP contribution in [0.5, 0.6) is 0 Å². The van der Waals surface area contributed by atoms with Crippen molar-refractivity contribution in [3.63, 3.8) is 0 Å². The van der Waals surface area contributed by atoms with Gasteiger partial charge in [-0.3, -0.25) is 4.79 Å². The molecule has 100 valence electrons. The molecule has 0 saturated carbocycles. The van der Waals surface area contributed by atoms with Crippen molar-refractivity contribution in [3.8, 4) is 0 Å². The van der Waals surface area contributed by atoms with Gasteiger partial charge >= 0.3 is 0 Å². The highest BCUT2D eigenvalue weighted by molar-refractivity contribution is 7.91. The second kappa shape index (κ2) is 7.10. The van der Waals surface area contributed by atoms with Crippen LogP contribution in [0.15, 0.2) is 5.16 Å². The van der Waals surface area contributed by atoms with E-state index in [1.165, 1.54) is 0 Å². The molecule has 1 amide bonds. The van der Waals surface area contributed by atoms with E-state index in [-0.39, 0.29) is 23.9 Å². The molecule has 0 aliphatic heterocycles. The van der Waals surface area contributed by atoms with Crippen LogP contribution in [0.4, 0.5) is 0 Å². The van der Waals surface area contributed by atoms with Gasteiger partial charge in [-0.1, -0.05) is 19.0 Å². The number of nitrogens with one attached hydrogen (secondary N) is 1. The summed E-state index contributed by atoms with van der Waals surface area (Å²) in [7, 11) is -3.10. The van der Waals surface area contributed by atoms with Crippen LogP contribution in [0.25, 0.3) is 0 Å². The molecule has 7 nitrogen and oxygen atoms in total. The van der Waals surface area contributed by atoms with Crippen molar-refractivity contribution in [2.75, 3.05) is 18.1 Å². The molecule has 0 radical (unpaired) electrons. The number of amidine groups is 1. The zero-order chi connectivity index (χ0) is 13.5. The number of nitrogens with two attached hydrogens (primary N) is 1. The maximum atomic E-state index is 11.6. The highest BCUT2D eigenvalue weighted by atomic mass is 32.2. The normalized spacial score (nSPS) is 14.4. The number of oxime groups is 1. The lowest BCUT2D eigenvalue weighted by Gasteiger charge is -2.13. The summed E-state index contributed by atoms with van der Waals surface area (Å²) in [5, 5.41) is 13.7. The molecular weight excluding hydrogens is 246 g/mol. The molecule has 0 aromatic rings. The van der Waals surface area contributed by atoms with Crippen LogP contribution >= 0.6 is 0 Å². The fraction of sp³-hybridized carbons (Fsp3) is 0.778. The Morgan fingerprint density at radius 1 is 1.47 bits per heavy atom. The third-order valence-corrected chi connectivity index (χ3v) is 4.06. The van der Waals surface area contributed by atoms with E-state index in [1.807, 2.05) is 0 Å². The lowest BCUT2D eigenvalue weighted by atomic mass is 10.1. The van der Waals surface area contributed by atoms with Crippen LogP contribution < -0.4 is 11.1 Å². The summed E-state index contributed by atoms with van der Waals surface area (Å²) in [6.07, 6.45) is 0.377. The molecule has 8 heteroatoms. The molecule has 0 aliphatic carbocycles. The summed E-state index contributed by atoms with van der Waals surface area (Å²) in [6.45, 7) is 3.29. The number of amides is 1. The van der Waals surface area contributed by atoms with Gasteiger partial charge in [0.05, 0.1) is 11.7 Å². The number of hydrogen-bond donors (Lipinski definition) is 3.